The molecule has 0 bridgehead atoms. The van der Waals surface area contributed by atoms with E-state index in [4.69, 9.17) is 8.42 Å². The van der Waals surface area contributed by atoms with Crippen molar-refractivity contribution >= 4 is 10.9 Å². The van der Waals surface area contributed by atoms with Crippen LogP contribution in [0.2, 0.25) is 0 Å². The lowest BCUT2D eigenvalue weighted by molar-refractivity contribution is -0.143. The molecule has 0 aliphatic rings. The lowest BCUT2D eigenvalue weighted by atomic mass is 10.1. The molecule has 18 heavy (non-hydrogen) atoms. The van der Waals surface area contributed by atoms with Crippen molar-refractivity contribution < 1.29 is 34.8 Å². The number of nitrogens with two attached hydrogens (primary N) is 1. The van der Waals surface area contributed by atoms with Crippen LogP contribution in [-0.2, 0) is 23.2 Å². The van der Waals surface area contributed by atoms with Gasteiger partial charge < -0.3 is 0 Å². The normalized spacial score (nSPS) is 12.0. The molecule has 0 heterocycles. The molecule has 3 nitrogen and oxygen atoms in total. The smallest absolute Gasteiger partial charge is 0.231 e. The number of halogens is 6. The minimum absolute atomic E-state index is 0.0833. The van der Waals surface area contributed by atoms with E-state index in [0.717, 1.165) is 6.07 Å². The molecule has 0 spiro atoms. The fraction of sp³-hybridized carbons (Fsp3) is 0.250. The largest absolute Gasteiger partial charge is 0.416 e. The van der Waals surface area contributed by atoms with Gasteiger partial charge in [-0.15, -0.1) is 0 Å². The zero-order chi connectivity index (χ0) is 14.6. The highest BCUT2D eigenvalue weighted by molar-refractivity contribution is 7.69. The summed E-state index contributed by atoms with van der Waals surface area (Å²) in [5.74, 6) is 0. The minimum Gasteiger partial charge on any atom is -0.231 e. The first-order valence-electron chi connectivity index (χ1n) is 4.08. The Hall–Kier alpha value is -1.29. The second-order valence-electron chi connectivity index (χ2n) is 2.86. The van der Waals surface area contributed by atoms with Gasteiger partial charge in [-0.05, 0) is 18.2 Å². The minimum atomic E-state index is -4.75. The third-order valence-electron chi connectivity index (χ3n) is 1.52. The maximum Gasteiger partial charge on any atom is 0.416 e. The molecule has 0 aliphatic heterocycles. The van der Waals surface area contributed by atoms with Gasteiger partial charge in [-0.2, -0.15) is 26.3 Å². The second-order valence-corrected chi connectivity index (χ2v) is 3.43. The van der Waals surface area contributed by atoms with Crippen molar-refractivity contribution in [3.05, 3.63) is 35.4 Å². The summed E-state index contributed by atoms with van der Waals surface area (Å²) in [4.78, 5) is 0. The van der Waals surface area contributed by atoms with Crippen molar-refractivity contribution in [2.24, 2.45) is 5.14 Å². The molecule has 0 saturated carbocycles. The predicted molar refractivity (Wildman–Crippen MR) is 50.9 cm³/mol. The molecule has 0 radical (unpaired) electrons. The number of rotatable bonds is 0. The van der Waals surface area contributed by atoms with Gasteiger partial charge in [-0.25, -0.2) is 13.6 Å². The zero-order valence-corrected chi connectivity index (χ0v) is 9.31. The maximum absolute atomic E-state index is 12.0. The third-order valence-corrected chi connectivity index (χ3v) is 1.52. The van der Waals surface area contributed by atoms with Gasteiger partial charge in [0.25, 0.3) is 0 Å². The van der Waals surface area contributed by atoms with Gasteiger partial charge in [0.05, 0.1) is 11.1 Å². The van der Waals surface area contributed by atoms with Crippen LogP contribution in [0.4, 0.5) is 26.3 Å². The molecule has 0 aliphatic carbocycles. The molecule has 0 unspecified atom stereocenters. The summed E-state index contributed by atoms with van der Waals surface area (Å²) >= 11 is 0. The molecular formula is C8H7F6NO2S. The first-order chi connectivity index (χ1) is 7.94. The van der Waals surface area contributed by atoms with Gasteiger partial charge in [0, 0.05) is 0 Å². The summed E-state index contributed by atoms with van der Waals surface area (Å²) in [6.45, 7) is 0. The Labute approximate surface area is 99.3 Å². The average molecular weight is 295 g/mol. The Bertz CT molecular complexity index is 428. The number of hydrogen-bond donors (Lipinski definition) is 2. The quantitative estimate of drug-likeness (QED) is 0.569. The van der Waals surface area contributed by atoms with Crippen molar-refractivity contribution in [2.45, 2.75) is 12.4 Å². The number of hydrogen-bond acceptors (Lipinski definition) is 2. The van der Waals surface area contributed by atoms with Crippen LogP contribution in [0.15, 0.2) is 24.3 Å². The van der Waals surface area contributed by atoms with E-state index < -0.39 is 34.4 Å². The standard InChI is InChI=1S/C8H4F6.H3NO2S/c9-7(10,11)5-2-1-3-6(4-5)8(12,13)14;1-4(2)3/h1-4H;4H,(H2,1,2,3). The van der Waals surface area contributed by atoms with Crippen LogP contribution in [0, 0.1) is 0 Å². The van der Waals surface area contributed by atoms with Crippen molar-refractivity contribution in [2.75, 3.05) is 0 Å². The van der Waals surface area contributed by atoms with Crippen LogP contribution < -0.4 is 5.14 Å². The molecule has 1 aromatic rings. The van der Waals surface area contributed by atoms with Crippen molar-refractivity contribution in [1.29, 1.82) is 0 Å². The van der Waals surface area contributed by atoms with E-state index in [0.29, 0.717) is 12.1 Å². The number of benzene rings is 1. The van der Waals surface area contributed by atoms with Crippen molar-refractivity contribution in [3.8, 4) is 0 Å². The van der Waals surface area contributed by atoms with E-state index in [-0.39, 0.29) is 6.07 Å². The van der Waals surface area contributed by atoms with Crippen LogP contribution >= 0.6 is 0 Å². The Morgan fingerprint density at radius 3 is 1.39 bits per heavy atom. The molecule has 10 heteroatoms. The lowest BCUT2D eigenvalue weighted by Gasteiger charge is -2.10. The molecule has 104 valence electrons. The van der Waals surface area contributed by atoms with Gasteiger partial charge in [-0.3, -0.25) is 0 Å². The molecule has 1 aromatic carbocycles. The van der Waals surface area contributed by atoms with Crippen molar-refractivity contribution in [1.82, 2.24) is 0 Å². The summed E-state index contributed by atoms with van der Waals surface area (Å²) in [6, 6.07) is 2.00. The highest BCUT2D eigenvalue weighted by Crippen LogP contribution is 2.34. The molecular weight excluding hydrogens is 288 g/mol. The van der Waals surface area contributed by atoms with Crippen LogP contribution in [0.5, 0.6) is 0 Å². The average Bonchev–Trinajstić information content (AvgIpc) is 2.14. The number of thiol groups is 1. The number of alkyl halides is 6. The zero-order valence-electron chi connectivity index (χ0n) is 8.42. The van der Waals surface area contributed by atoms with E-state index in [1.807, 2.05) is 0 Å². The van der Waals surface area contributed by atoms with Gasteiger partial charge in [0.2, 0.25) is 0 Å². The van der Waals surface area contributed by atoms with Gasteiger partial charge in [0.1, 0.15) is 0 Å². The third kappa shape index (κ3) is 6.45. The van der Waals surface area contributed by atoms with Crippen molar-refractivity contribution in [3.63, 3.8) is 0 Å². The van der Waals surface area contributed by atoms with Gasteiger partial charge in [0.15, 0.2) is 10.9 Å². The van der Waals surface area contributed by atoms with E-state index in [2.05, 4.69) is 5.14 Å². The maximum atomic E-state index is 12.0. The summed E-state index contributed by atoms with van der Waals surface area (Å²) in [5.41, 5.74) is -2.60. The van der Waals surface area contributed by atoms with E-state index in [1.54, 1.807) is 0 Å². The van der Waals surface area contributed by atoms with Gasteiger partial charge >= 0.3 is 12.4 Å². The molecule has 0 amide bonds. The topological polar surface area (TPSA) is 60.2 Å². The van der Waals surface area contributed by atoms with Crippen LogP contribution in [0.1, 0.15) is 11.1 Å². The highest BCUT2D eigenvalue weighted by atomic mass is 32.2. The molecule has 2 N–H and O–H groups in total. The molecule has 0 saturated heterocycles. The summed E-state index contributed by atoms with van der Waals surface area (Å²) < 4.78 is 89.6. The van der Waals surface area contributed by atoms with Gasteiger partial charge in [-0.1, -0.05) is 6.07 Å². The van der Waals surface area contributed by atoms with Crippen LogP contribution in [0.25, 0.3) is 0 Å². The Morgan fingerprint density at radius 1 is 0.889 bits per heavy atom. The fourth-order valence-electron chi connectivity index (χ4n) is 0.872. The predicted octanol–water partition coefficient (Wildman–Crippen LogP) is 2.20. The van der Waals surface area contributed by atoms with E-state index in [9.17, 15) is 26.3 Å². The monoisotopic (exact) mass is 295 g/mol. The first-order valence-corrected chi connectivity index (χ1v) is 5.33. The molecule has 0 fully saturated rings. The summed E-state index contributed by atoms with van der Waals surface area (Å²) in [6.07, 6.45) is -9.50. The first kappa shape index (κ1) is 16.7. The molecule has 0 aromatic heterocycles. The van der Waals surface area contributed by atoms with Crippen LogP contribution in [-0.4, -0.2) is 8.42 Å². The molecule has 0 atom stereocenters. The lowest BCUT2D eigenvalue weighted by Crippen LogP contribution is -2.09. The van der Waals surface area contributed by atoms with E-state index >= 15 is 0 Å². The summed E-state index contributed by atoms with van der Waals surface area (Å²) in [7, 11) is -2.62. The molecule has 1 rings (SSSR count). The summed E-state index contributed by atoms with van der Waals surface area (Å²) in [5, 5.41) is 4.06. The Kier molecular flexibility index (Phi) is 5.61. The second kappa shape index (κ2) is 6.05. The SMILES string of the molecule is FC(F)(F)c1cccc(C(F)(F)F)c1.N[SH](=O)=O. The van der Waals surface area contributed by atoms with E-state index in [1.165, 1.54) is 0 Å². The highest BCUT2D eigenvalue weighted by Gasteiger charge is 2.35. The Morgan fingerprint density at radius 2 is 1.17 bits per heavy atom. The Balaban J connectivity index is 0.000000631. The fourth-order valence-corrected chi connectivity index (χ4v) is 0.872. The van der Waals surface area contributed by atoms with Crippen LogP contribution in [0.3, 0.4) is 0 Å².